The Kier molecular flexibility index (Phi) is 8.96. The fourth-order valence-electron chi connectivity index (χ4n) is 1.94. The smallest absolute Gasteiger partial charge is 0.387 e. The zero-order chi connectivity index (χ0) is 18.7. The number of amides is 1. The number of para-hydroxylation sites is 1. The molecule has 0 radical (unpaired) electrons. The molecular weight excluding hydrogens is 334 g/mol. The molecular formula is C17H20F2N2O4. The molecule has 25 heavy (non-hydrogen) atoms. The first-order valence-corrected chi connectivity index (χ1v) is 7.63. The fourth-order valence-corrected chi connectivity index (χ4v) is 1.94. The Morgan fingerprint density at radius 1 is 1.44 bits per heavy atom. The van der Waals surface area contributed by atoms with E-state index < -0.39 is 12.5 Å². The number of hydrogen-bond donors (Lipinski definition) is 1. The number of nitrogens with zero attached hydrogens (tertiary/aromatic N) is 1. The van der Waals surface area contributed by atoms with Gasteiger partial charge in [0.05, 0.1) is 7.11 Å². The van der Waals surface area contributed by atoms with Crippen LogP contribution in [-0.2, 0) is 9.53 Å². The van der Waals surface area contributed by atoms with Crippen molar-refractivity contribution in [2.75, 3.05) is 26.9 Å². The highest BCUT2D eigenvalue weighted by Crippen LogP contribution is 2.33. The zero-order valence-electron chi connectivity index (χ0n) is 14.1. The number of benzene rings is 1. The molecule has 0 saturated heterocycles. The van der Waals surface area contributed by atoms with Gasteiger partial charge >= 0.3 is 6.61 Å². The van der Waals surface area contributed by atoms with Gasteiger partial charge in [0.25, 0.3) is 5.91 Å². The number of hydrogen-bond acceptors (Lipinski definition) is 5. The molecule has 0 unspecified atom stereocenters. The molecule has 0 bridgehead atoms. The van der Waals surface area contributed by atoms with Crippen LogP contribution in [0.15, 0.2) is 23.8 Å². The van der Waals surface area contributed by atoms with Gasteiger partial charge in [-0.15, -0.1) is 0 Å². The van der Waals surface area contributed by atoms with E-state index in [4.69, 9.17) is 9.47 Å². The Bertz CT molecular complexity index is 642. The predicted octanol–water partition coefficient (Wildman–Crippen LogP) is 2.75. The molecule has 0 spiro atoms. The molecule has 1 aromatic carbocycles. The van der Waals surface area contributed by atoms with E-state index in [1.807, 2.05) is 6.92 Å². The normalized spacial score (nSPS) is 11.1. The Morgan fingerprint density at radius 2 is 2.20 bits per heavy atom. The number of nitrogens with one attached hydrogen (secondary N) is 1. The standard InChI is InChI=1S/C17H20F2N2O4/c1-3-24-9-5-8-21-16(22)13(11-20)10-12-6-4-7-14(23-2)15(12)25-17(18)19/h4,6-7,10,17H,3,5,8-9H2,1-2H3,(H,21,22)/b13-10+. The van der Waals surface area contributed by atoms with Gasteiger partial charge in [0.15, 0.2) is 11.5 Å². The first kappa shape index (κ1) is 20.4. The molecule has 1 rings (SSSR count). The lowest BCUT2D eigenvalue weighted by atomic mass is 10.1. The maximum absolute atomic E-state index is 12.6. The Balaban J connectivity index is 2.94. The van der Waals surface area contributed by atoms with Crippen molar-refractivity contribution >= 4 is 12.0 Å². The summed E-state index contributed by atoms with van der Waals surface area (Å²) in [6.07, 6.45) is 1.77. The van der Waals surface area contributed by atoms with Crippen molar-refractivity contribution in [3.05, 3.63) is 29.3 Å². The number of nitriles is 1. The van der Waals surface area contributed by atoms with E-state index in [2.05, 4.69) is 10.1 Å². The van der Waals surface area contributed by atoms with E-state index in [-0.39, 0.29) is 22.6 Å². The van der Waals surface area contributed by atoms with Crippen LogP contribution in [0.2, 0.25) is 0 Å². The molecule has 0 saturated carbocycles. The molecule has 1 N–H and O–H groups in total. The minimum atomic E-state index is -3.07. The van der Waals surface area contributed by atoms with Crippen LogP contribution in [0.5, 0.6) is 11.5 Å². The van der Waals surface area contributed by atoms with E-state index in [0.717, 1.165) is 0 Å². The van der Waals surface area contributed by atoms with Crippen LogP contribution in [0.1, 0.15) is 18.9 Å². The maximum atomic E-state index is 12.6. The molecule has 0 aliphatic heterocycles. The van der Waals surface area contributed by atoms with Gasteiger partial charge in [-0.05, 0) is 25.5 Å². The summed E-state index contributed by atoms with van der Waals surface area (Å²) in [6, 6.07) is 6.18. The number of rotatable bonds is 10. The van der Waals surface area contributed by atoms with Crippen molar-refractivity contribution < 1.29 is 27.8 Å². The topological polar surface area (TPSA) is 80.6 Å². The minimum Gasteiger partial charge on any atom is -0.493 e. The van der Waals surface area contributed by atoms with Gasteiger partial charge in [0.2, 0.25) is 0 Å². The first-order chi connectivity index (χ1) is 12.0. The molecule has 0 aliphatic carbocycles. The summed E-state index contributed by atoms with van der Waals surface area (Å²) < 4.78 is 39.8. The molecule has 0 atom stereocenters. The lowest BCUT2D eigenvalue weighted by Crippen LogP contribution is -2.26. The molecule has 136 valence electrons. The largest absolute Gasteiger partial charge is 0.493 e. The lowest BCUT2D eigenvalue weighted by Gasteiger charge is -2.12. The van der Waals surface area contributed by atoms with Crippen LogP contribution in [0.4, 0.5) is 8.78 Å². The monoisotopic (exact) mass is 354 g/mol. The summed E-state index contributed by atoms with van der Waals surface area (Å²) >= 11 is 0. The van der Waals surface area contributed by atoms with Gasteiger partial charge < -0.3 is 19.5 Å². The van der Waals surface area contributed by atoms with Gasteiger partial charge in [-0.3, -0.25) is 4.79 Å². The highest BCUT2D eigenvalue weighted by atomic mass is 19.3. The van der Waals surface area contributed by atoms with E-state index >= 15 is 0 Å². The first-order valence-electron chi connectivity index (χ1n) is 7.63. The lowest BCUT2D eigenvalue weighted by molar-refractivity contribution is -0.117. The molecule has 1 aromatic rings. The summed E-state index contributed by atoms with van der Waals surface area (Å²) in [5.74, 6) is -0.773. The van der Waals surface area contributed by atoms with E-state index in [1.165, 1.54) is 31.4 Å². The number of carbonyl (C=O) groups excluding carboxylic acids is 1. The van der Waals surface area contributed by atoms with Crippen molar-refractivity contribution in [1.82, 2.24) is 5.32 Å². The van der Waals surface area contributed by atoms with Crippen LogP contribution in [-0.4, -0.2) is 39.4 Å². The Morgan fingerprint density at radius 3 is 2.80 bits per heavy atom. The quantitative estimate of drug-likeness (QED) is 0.397. The summed E-state index contributed by atoms with van der Waals surface area (Å²) in [5.41, 5.74) is -0.0931. The van der Waals surface area contributed by atoms with Crippen LogP contribution < -0.4 is 14.8 Å². The van der Waals surface area contributed by atoms with Gasteiger partial charge in [0.1, 0.15) is 11.6 Å². The molecule has 6 nitrogen and oxygen atoms in total. The van der Waals surface area contributed by atoms with Crippen molar-refractivity contribution in [3.8, 4) is 17.6 Å². The maximum Gasteiger partial charge on any atom is 0.387 e. The zero-order valence-corrected chi connectivity index (χ0v) is 14.1. The second-order valence-electron chi connectivity index (χ2n) is 4.73. The predicted molar refractivity (Wildman–Crippen MR) is 87.3 cm³/mol. The molecule has 1 amide bonds. The van der Waals surface area contributed by atoms with Crippen molar-refractivity contribution in [2.45, 2.75) is 20.0 Å². The number of alkyl halides is 2. The SMILES string of the molecule is CCOCCCNC(=O)/C(C#N)=C/c1cccc(OC)c1OC(F)F. The van der Waals surface area contributed by atoms with Gasteiger partial charge in [0, 0.05) is 25.3 Å². The van der Waals surface area contributed by atoms with E-state index in [1.54, 1.807) is 6.07 Å². The van der Waals surface area contributed by atoms with E-state index in [9.17, 15) is 18.8 Å². The Hall–Kier alpha value is -2.66. The molecule has 0 heterocycles. The number of carbonyl (C=O) groups is 1. The van der Waals surface area contributed by atoms with Crippen LogP contribution in [0, 0.1) is 11.3 Å². The fraction of sp³-hybridized carbons (Fsp3) is 0.412. The second-order valence-corrected chi connectivity index (χ2v) is 4.73. The van der Waals surface area contributed by atoms with Crippen molar-refractivity contribution in [1.29, 1.82) is 5.26 Å². The van der Waals surface area contributed by atoms with Gasteiger partial charge in [-0.25, -0.2) is 0 Å². The molecule has 8 heteroatoms. The van der Waals surface area contributed by atoms with Crippen molar-refractivity contribution in [2.24, 2.45) is 0 Å². The van der Waals surface area contributed by atoms with E-state index in [0.29, 0.717) is 26.2 Å². The molecule has 0 aliphatic rings. The number of ether oxygens (including phenoxy) is 3. The van der Waals surface area contributed by atoms with Crippen LogP contribution >= 0.6 is 0 Å². The average Bonchev–Trinajstić information content (AvgIpc) is 2.59. The number of halogens is 2. The third kappa shape index (κ3) is 6.77. The van der Waals surface area contributed by atoms with Crippen LogP contribution in [0.3, 0.4) is 0 Å². The van der Waals surface area contributed by atoms with Crippen LogP contribution in [0.25, 0.3) is 6.08 Å². The molecule has 0 fully saturated rings. The highest BCUT2D eigenvalue weighted by molar-refractivity contribution is 6.02. The minimum absolute atomic E-state index is 0.0727. The van der Waals surface area contributed by atoms with Crippen molar-refractivity contribution in [3.63, 3.8) is 0 Å². The molecule has 0 aromatic heterocycles. The summed E-state index contributed by atoms with van der Waals surface area (Å²) in [5, 5.41) is 11.7. The van der Waals surface area contributed by atoms with Gasteiger partial charge in [-0.1, -0.05) is 12.1 Å². The third-order valence-corrected chi connectivity index (χ3v) is 3.06. The summed E-state index contributed by atoms with van der Waals surface area (Å²) in [6.45, 7) is 0.199. The third-order valence-electron chi connectivity index (χ3n) is 3.06. The average molecular weight is 354 g/mol. The Labute approximate surface area is 145 Å². The summed E-state index contributed by atoms with van der Waals surface area (Å²) in [4.78, 5) is 12.0. The van der Waals surface area contributed by atoms with Gasteiger partial charge in [-0.2, -0.15) is 14.0 Å². The number of methoxy groups -OCH3 is 1. The summed E-state index contributed by atoms with van der Waals surface area (Å²) in [7, 11) is 1.30. The highest BCUT2D eigenvalue weighted by Gasteiger charge is 2.16. The second kappa shape index (κ2) is 11.0.